The molecule has 7 nitrogen and oxygen atoms in total. The van der Waals surface area contributed by atoms with Gasteiger partial charge in [-0.3, -0.25) is 4.99 Å². The van der Waals surface area contributed by atoms with Crippen LogP contribution in [0.4, 0.5) is 0 Å². The molecule has 0 amide bonds. The summed E-state index contributed by atoms with van der Waals surface area (Å²) in [4.78, 5) is 11.0. The number of aliphatic imine (C=N–C) groups is 1. The Hall–Kier alpha value is -1.67. The Morgan fingerprint density at radius 1 is 1.19 bits per heavy atom. The standard InChI is InChI=1S/C19H30N4O3S/c1-12-15(18(2,3)4)14-10-13(11-23(14)16(21-12)19(5,6)7)22-27(24,25)17-20-8-9-26-17/h8-9,12-13,22H,10-11H2,1-7H3/t12-,13-/m0/s1. The van der Waals surface area contributed by atoms with Gasteiger partial charge in [0.15, 0.2) is 0 Å². The average Bonchev–Trinajstić information content (AvgIpc) is 3.12. The number of nitrogens with zero attached hydrogens (tertiary/aromatic N) is 3. The molecule has 1 fully saturated rings. The summed E-state index contributed by atoms with van der Waals surface area (Å²) in [5.41, 5.74) is 2.29. The number of hydrogen-bond acceptors (Lipinski definition) is 6. The Labute approximate surface area is 162 Å². The Bertz CT molecular complexity index is 871. The van der Waals surface area contributed by atoms with Crippen LogP contribution in [0, 0.1) is 10.8 Å². The van der Waals surface area contributed by atoms with Crippen LogP contribution in [-0.4, -0.2) is 42.8 Å². The molecule has 0 spiro atoms. The lowest BCUT2D eigenvalue weighted by atomic mass is 9.79. The zero-order valence-electron chi connectivity index (χ0n) is 17.2. The Morgan fingerprint density at radius 3 is 2.37 bits per heavy atom. The van der Waals surface area contributed by atoms with Crippen molar-refractivity contribution in [1.29, 1.82) is 0 Å². The number of aromatic nitrogens is 1. The van der Waals surface area contributed by atoms with Gasteiger partial charge < -0.3 is 9.32 Å². The first-order valence-corrected chi connectivity index (χ1v) is 10.8. The molecule has 1 N–H and O–H groups in total. The summed E-state index contributed by atoms with van der Waals surface area (Å²) in [5, 5.41) is -0.296. The van der Waals surface area contributed by atoms with E-state index in [0.717, 1.165) is 5.84 Å². The third-order valence-corrected chi connectivity index (χ3v) is 6.21. The van der Waals surface area contributed by atoms with Crippen molar-refractivity contribution in [2.24, 2.45) is 15.8 Å². The second kappa shape index (κ2) is 6.44. The van der Waals surface area contributed by atoms with Gasteiger partial charge in [0.1, 0.15) is 12.1 Å². The summed E-state index contributed by atoms with van der Waals surface area (Å²) in [5.74, 6) is 1.01. The van der Waals surface area contributed by atoms with Crippen molar-refractivity contribution in [3.8, 4) is 0 Å². The predicted molar refractivity (Wildman–Crippen MR) is 105 cm³/mol. The van der Waals surface area contributed by atoms with E-state index in [0.29, 0.717) is 13.0 Å². The predicted octanol–water partition coefficient (Wildman–Crippen LogP) is 3.17. The van der Waals surface area contributed by atoms with Crippen LogP contribution >= 0.6 is 0 Å². The number of sulfonamides is 1. The summed E-state index contributed by atoms with van der Waals surface area (Å²) in [6.45, 7) is 15.7. The van der Waals surface area contributed by atoms with Crippen molar-refractivity contribution in [3.05, 3.63) is 23.7 Å². The summed E-state index contributed by atoms with van der Waals surface area (Å²) in [6.07, 6.45) is 3.23. The SMILES string of the molecule is C[C@@H]1N=C(C(C)(C)C)N2C[C@@H](NS(=O)(=O)c3ncco3)CC2=C1C(C)(C)C. The normalized spacial score (nSPS) is 24.3. The molecule has 0 saturated carbocycles. The summed E-state index contributed by atoms with van der Waals surface area (Å²) < 4.78 is 32.8. The first-order valence-electron chi connectivity index (χ1n) is 9.32. The van der Waals surface area contributed by atoms with Gasteiger partial charge in [0.05, 0.1) is 12.2 Å². The third-order valence-electron chi connectivity index (χ3n) is 4.91. The Balaban J connectivity index is 1.97. The molecule has 1 saturated heterocycles. The monoisotopic (exact) mass is 394 g/mol. The number of oxazole rings is 1. The van der Waals surface area contributed by atoms with Crippen molar-refractivity contribution >= 4 is 15.9 Å². The molecule has 2 aliphatic rings. The second-order valence-electron chi connectivity index (χ2n) is 9.42. The Morgan fingerprint density at radius 2 is 1.85 bits per heavy atom. The molecule has 0 radical (unpaired) electrons. The van der Waals surface area contributed by atoms with E-state index in [9.17, 15) is 8.42 Å². The summed E-state index contributed by atoms with van der Waals surface area (Å²) >= 11 is 0. The van der Waals surface area contributed by atoms with E-state index in [1.165, 1.54) is 23.7 Å². The lowest BCUT2D eigenvalue weighted by Crippen LogP contribution is -2.45. The van der Waals surface area contributed by atoms with Crippen LogP contribution in [0.2, 0.25) is 0 Å². The quantitative estimate of drug-likeness (QED) is 0.851. The summed E-state index contributed by atoms with van der Waals surface area (Å²) in [6, 6.07) is -0.181. The number of rotatable bonds is 3. The number of amidine groups is 1. The molecule has 3 rings (SSSR count). The molecule has 27 heavy (non-hydrogen) atoms. The fourth-order valence-corrected chi connectivity index (χ4v) is 5.20. The van der Waals surface area contributed by atoms with E-state index < -0.39 is 10.0 Å². The fraction of sp³-hybridized carbons (Fsp3) is 0.684. The molecule has 0 bridgehead atoms. The van der Waals surface area contributed by atoms with Gasteiger partial charge in [-0.25, -0.2) is 18.1 Å². The molecule has 8 heteroatoms. The van der Waals surface area contributed by atoms with Crippen LogP contribution in [0.3, 0.4) is 0 Å². The van der Waals surface area contributed by atoms with Gasteiger partial charge in [0, 0.05) is 30.1 Å². The Kier molecular flexibility index (Phi) is 4.79. The van der Waals surface area contributed by atoms with Gasteiger partial charge in [-0.15, -0.1) is 0 Å². The van der Waals surface area contributed by atoms with E-state index in [2.05, 4.69) is 63.1 Å². The molecule has 1 aromatic rings. The molecule has 3 heterocycles. The van der Waals surface area contributed by atoms with Crippen LogP contribution in [-0.2, 0) is 10.0 Å². The lowest BCUT2D eigenvalue weighted by molar-refractivity contribution is 0.392. The first kappa shape index (κ1) is 20.1. The summed E-state index contributed by atoms with van der Waals surface area (Å²) in [7, 11) is -3.78. The van der Waals surface area contributed by atoms with E-state index in [4.69, 9.17) is 9.41 Å². The first-order chi connectivity index (χ1) is 12.3. The lowest BCUT2D eigenvalue weighted by Gasteiger charge is -2.41. The van der Waals surface area contributed by atoms with Gasteiger partial charge in [-0.05, 0) is 17.9 Å². The van der Waals surface area contributed by atoms with Crippen molar-refractivity contribution in [2.45, 2.75) is 72.2 Å². The maximum Gasteiger partial charge on any atom is 0.330 e. The highest BCUT2D eigenvalue weighted by Crippen LogP contribution is 2.43. The van der Waals surface area contributed by atoms with Gasteiger partial charge in [0.25, 0.3) is 10.0 Å². The molecule has 1 aromatic heterocycles. The van der Waals surface area contributed by atoms with Gasteiger partial charge in [0.2, 0.25) is 0 Å². The van der Waals surface area contributed by atoms with Crippen molar-refractivity contribution in [2.75, 3.05) is 6.54 Å². The molecular weight excluding hydrogens is 364 g/mol. The molecule has 0 unspecified atom stereocenters. The van der Waals surface area contributed by atoms with Crippen molar-refractivity contribution in [3.63, 3.8) is 0 Å². The number of nitrogens with one attached hydrogen (secondary N) is 1. The van der Waals surface area contributed by atoms with E-state index in [-0.39, 0.29) is 28.1 Å². The molecule has 0 aromatic carbocycles. The number of fused-ring (bicyclic) bond motifs is 1. The van der Waals surface area contributed by atoms with Crippen molar-refractivity contribution < 1.29 is 12.8 Å². The van der Waals surface area contributed by atoms with Crippen LogP contribution in [0.1, 0.15) is 54.9 Å². The minimum atomic E-state index is -3.78. The van der Waals surface area contributed by atoms with E-state index in [1.807, 2.05) is 0 Å². The second-order valence-corrected chi connectivity index (χ2v) is 11.0. The largest absolute Gasteiger partial charge is 0.436 e. The zero-order valence-corrected chi connectivity index (χ0v) is 18.0. The van der Waals surface area contributed by atoms with Crippen LogP contribution in [0.15, 0.2) is 38.4 Å². The topological polar surface area (TPSA) is 87.8 Å². The van der Waals surface area contributed by atoms with Crippen LogP contribution in [0.5, 0.6) is 0 Å². The van der Waals surface area contributed by atoms with Crippen LogP contribution in [0.25, 0.3) is 0 Å². The minimum absolute atomic E-state index is 0.0454. The molecule has 150 valence electrons. The van der Waals surface area contributed by atoms with Gasteiger partial charge in [-0.2, -0.15) is 0 Å². The zero-order chi connectivity index (χ0) is 20.2. The highest BCUT2D eigenvalue weighted by molar-refractivity contribution is 7.89. The fourth-order valence-electron chi connectivity index (χ4n) is 4.12. The van der Waals surface area contributed by atoms with Gasteiger partial charge in [-0.1, -0.05) is 41.5 Å². The van der Waals surface area contributed by atoms with E-state index in [1.54, 1.807) is 0 Å². The molecule has 0 aliphatic carbocycles. The average molecular weight is 395 g/mol. The van der Waals surface area contributed by atoms with Crippen molar-refractivity contribution in [1.82, 2.24) is 14.6 Å². The van der Waals surface area contributed by atoms with E-state index >= 15 is 0 Å². The highest BCUT2D eigenvalue weighted by atomic mass is 32.2. The minimum Gasteiger partial charge on any atom is -0.436 e. The van der Waals surface area contributed by atoms with Crippen LogP contribution < -0.4 is 4.72 Å². The maximum atomic E-state index is 12.5. The highest BCUT2D eigenvalue weighted by Gasteiger charge is 2.43. The number of hydrogen-bond donors (Lipinski definition) is 1. The third kappa shape index (κ3) is 3.82. The maximum absolute atomic E-state index is 12.5. The smallest absolute Gasteiger partial charge is 0.330 e. The van der Waals surface area contributed by atoms with Gasteiger partial charge >= 0.3 is 5.22 Å². The molecule has 2 atom stereocenters. The molecular formula is C19H30N4O3S. The molecule has 2 aliphatic heterocycles.